The largest absolute Gasteiger partial charge is 0.403 e. The zero-order valence-corrected chi connectivity index (χ0v) is 6.44. The van der Waals surface area contributed by atoms with Crippen LogP contribution in [0.5, 0.6) is 0 Å². The standard InChI is InChI=1S/C5H12O2Si/c1-3-4-5-8(2)6-7-8/h3-5H2,1-2H3. The van der Waals surface area contributed by atoms with Crippen LogP contribution in [0.3, 0.4) is 0 Å². The summed E-state index contributed by atoms with van der Waals surface area (Å²) in [4.78, 5) is 0. The Kier molecular flexibility index (Phi) is 1.70. The predicted octanol–water partition coefficient (Wildman–Crippen LogP) is 1.82. The van der Waals surface area contributed by atoms with Gasteiger partial charge in [-0.3, -0.25) is 9.15 Å². The second-order valence-electron chi connectivity index (χ2n) is 2.40. The molecule has 0 bridgehead atoms. The monoisotopic (exact) mass is 132 g/mol. The molecule has 0 saturated carbocycles. The third-order valence-corrected chi connectivity index (χ3v) is 3.35. The molecule has 2 nitrogen and oxygen atoms in total. The SMILES string of the molecule is CCCC[Si]1(C)OO1. The van der Waals surface area contributed by atoms with E-state index in [1.54, 1.807) is 0 Å². The second kappa shape index (κ2) is 2.17. The normalized spacial score (nSPS) is 23.2. The van der Waals surface area contributed by atoms with Crippen LogP contribution in [0.15, 0.2) is 0 Å². The van der Waals surface area contributed by atoms with Crippen molar-refractivity contribution < 1.29 is 9.15 Å². The van der Waals surface area contributed by atoms with Gasteiger partial charge in [-0.15, -0.1) is 0 Å². The van der Waals surface area contributed by atoms with Crippen LogP contribution in [0.25, 0.3) is 0 Å². The van der Waals surface area contributed by atoms with Crippen molar-refractivity contribution in [3.63, 3.8) is 0 Å². The Hall–Kier alpha value is 0.137. The molecule has 0 N–H and O–H groups in total. The molecule has 0 atom stereocenters. The maximum Gasteiger partial charge on any atom is 0.403 e. The summed E-state index contributed by atoms with van der Waals surface area (Å²) in [6.07, 6.45) is 2.50. The quantitative estimate of drug-likeness (QED) is 0.332. The fraction of sp³-hybridized carbons (Fsp3) is 1.00. The van der Waals surface area contributed by atoms with E-state index in [-0.39, 0.29) is 0 Å². The van der Waals surface area contributed by atoms with E-state index in [1.165, 1.54) is 18.9 Å². The summed E-state index contributed by atoms with van der Waals surface area (Å²) < 4.78 is 9.67. The summed E-state index contributed by atoms with van der Waals surface area (Å²) in [6.45, 7) is 4.28. The summed E-state index contributed by atoms with van der Waals surface area (Å²) in [6, 6.07) is 1.17. The topological polar surface area (TPSA) is 25.1 Å². The van der Waals surface area contributed by atoms with Gasteiger partial charge in [0.25, 0.3) is 0 Å². The molecular weight excluding hydrogens is 120 g/mol. The molecule has 1 aliphatic rings. The summed E-state index contributed by atoms with van der Waals surface area (Å²) >= 11 is 0. The Bertz CT molecular complexity index is 80.5. The van der Waals surface area contributed by atoms with Gasteiger partial charge in [0, 0.05) is 0 Å². The molecule has 0 aromatic rings. The predicted molar refractivity (Wildman–Crippen MR) is 33.5 cm³/mol. The van der Waals surface area contributed by atoms with Crippen LogP contribution in [0, 0.1) is 0 Å². The Morgan fingerprint density at radius 2 is 2.00 bits per heavy atom. The van der Waals surface area contributed by atoms with Crippen LogP contribution in [-0.2, 0) is 9.15 Å². The molecule has 0 aromatic carbocycles. The molecule has 0 aliphatic carbocycles. The van der Waals surface area contributed by atoms with Crippen molar-refractivity contribution in [2.75, 3.05) is 0 Å². The minimum atomic E-state index is -1.43. The maximum atomic E-state index is 4.84. The van der Waals surface area contributed by atoms with Gasteiger partial charge in [0.1, 0.15) is 0 Å². The van der Waals surface area contributed by atoms with E-state index in [0.717, 1.165) is 0 Å². The van der Waals surface area contributed by atoms with Crippen molar-refractivity contribution in [1.29, 1.82) is 0 Å². The van der Waals surface area contributed by atoms with Crippen LogP contribution in [0.4, 0.5) is 0 Å². The molecule has 3 heteroatoms. The van der Waals surface area contributed by atoms with Crippen LogP contribution in [0.2, 0.25) is 12.6 Å². The number of hydrogen-bond acceptors (Lipinski definition) is 2. The average molecular weight is 132 g/mol. The molecule has 1 saturated heterocycles. The van der Waals surface area contributed by atoms with Crippen molar-refractivity contribution in [2.45, 2.75) is 32.4 Å². The highest BCUT2D eigenvalue weighted by Gasteiger charge is 2.47. The fourth-order valence-corrected chi connectivity index (χ4v) is 2.38. The molecule has 0 aromatic heterocycles. The van der Waals surface area contributed by atoms with Crippen LogP contribution < -0.4 is 0 Å². The average Bonchev–Trinajstić information content (AvgIpc) is 2.45. The van der Waals surface area contributed by atoms with Crippen LogP contribution in [0.1, 0.15) is 19.8 Å². The lowest BCUT2D eigenvalue weighted by Crippen LogP contribution is -2.07. The first-order valence-corrected chi connectivity index (χ1v) is 5.66. The lowest BCUT2D eigenvalue weighted by atomic mass is 10.4. The minimum absolute atomic E-state index is 1.17. The molecule has 0 amide bonds. The first-order chi connectivity index (χ1) is 3.77. The van der Waals surface area contributed by atoms with Gasteiger partial charge in [-0.2, -0.15) is 0 Å². The molecule has 0 radical (unpaired) electrons. The summed E-state index contributed by atoms with van der Waals surface area (Å²) in [5, 5.41) is 0. The van der Waals surface area contributed by atoms with E-state index < -0.39 is 8.56 Å². The molecular formula is C5H12O2Si. The summed E-state index contributed by atoms with van der Waals surface area (Å²) in [7, 11) is -1.43. The Morgan fingerprint density at radius 1 is 1.38 bits per heavy atom. The Labute approximate surface area is 51.0 Å². The van der Waals surface area contributed by atoms with Gasteiger partial charge >= 0.3 is 8.56 Å². The molecule has 0 spiro atoms. The zero-order chi connectivity index (χ0) is 6.04. The van der Waals surface area contributed by atoms with Crippen LogP contribution >= 0.6 is 0 Å². The van der Waals surface area contributed by atoms with Crippen molar-refractivity contribution in [3.8, 4) is 0 Å². The molecule has 1 rings (SSSR count). The third kappa shape index (κ3) is 1.58. The minimum Gasteiger partial charge on any atom is -0.257 e. The first kappa shape index (κ1) is 6.26. The van der Waals surface area contributed by atoms with Crippen LogP contribution in [-0.4, -0.2) is 8.56 Å². The van der Waals surface area contributed by atoms with Crippen molar-refractivity contribution in [1.82, 2.24) is 0 Å². The fourth-order valence-electron chi connectivity index (χ4n) is 0.652. The zero-order valence-electron chi connectivity index (χ0n) is 5.44. The van der Waals surface area contributed by atoms with Gasteiger partial charge in [0.2, 0.25) is 0 Å². The molecule has 1 fully saturated rings. The van der Waals surface area contributed by atoms with E-state index >= 15 is 0 Å². The molecule has 48 valence electrons. The van der Waals surface area contributed by atoms with Crippen molar-refractivity contribution in [2.24, 2.45) is 0 Å². The second-order valence-corrected chi connectivity index (χ2v) is 5.50. The van der Waals surface area contributed by atoms with Gasteiger partial charge in [-0.05, 0) is 12.6 Å². The molecule has 1 heterocycles. The van der Waals surface area contributed by atoms with Gasteiger partial charge in [-0.25, -0.2) is 0 Å². The molecule has 8 heavy (non-hydrogen) atoms. The van der Waals surface area contributed by atoms with E-state index in [0.29, 0.717) is 0 Å². The van der Waals surface area contributed by atoms with Crippen molar-refractivity contribution >= 4 is 8.56 Å². The van der Waals surface area contributed by atoms with Crippen molar-refractivity contribution in [3.05, 3.63) is 0 Å². The summed E-state index contributed by atoms with van der Waals surface area (Å²) in [5.41, 5.74) is 0. The Balaban J connectivity index is 2.01. The maximum absolute atomic E-state index is 4.84. The smallest absolute Gasteiger partial charge is 0.257 e. The Morgan fingerprint density at radius 3 is 2.38 bits per heavy atom. The van der Waals surface area contributed by atoms with E-state index in [9.17, 15) is 0 Å². The lowest BCUT2D eigenvalue weighted by molar-refractivity contribution is 0.0850. The van der Waals surface area contributed by atoms with Gasteiger partial charge in [0.05, 0.1) is 0 Å². The van der Waals surface area contributed by atoms with Gasteiger partial charge < -0.3 is 0 Å². The third-order valence-electron chi connectivity index (χ3n) is 1.35. The van der Waals surface area contributed by atoms with Gasteiger partial charge in [-0.1, -0.05) is 19.8 Å². The molecule has 0 unspecified atom stereocenters. The number of unbranched alkanes of at least 4 members (excludes halogenated alkanes) is 1. The number of hydrogen-bond donors (Lipinski definition) is 0. The highest BCUT2D eigenvalue weighted by atomic mass is 28.4. The van der Waals surface area contributed by atoms with E-state index in [2.05, 4.69) is 13.5 Å². The highest BCUT2D eigenvalue weighted by Crippen LogP contribution is 2.29. The number of rotatable bonds is 3. The van der Waals surface area contributed by atoms with E-state index in [4.69, 9.17) is 9.15 Å². The lowest BCUT2D eigenvalue weighted by Gasteiger charge is -1.90. The summed E-state index contributed by atoms with van der Waals surface area (Å²) in [5.74, 6) is 0. The van der Waals surface area contributed by atoms with Gasteiger partial charge in [0.15, 0.2) is 0 Å². The highest BCUT2D eigenvalue weighted by molar-refractivity contribution is 6.70. The molecule has 1 aliphatic heterocycles. The first-order valence-electron chi connectivity index (χ1n) is 3.14. The van der Waals surface area contributed by atoms with E-state index in [1.807, 2.05) is 0 Å².